The number of amides is 2. The minimum atomic E-state index is -0.499. The van der Waals surface area contributed by atoms with Crippen molar-refractivity contribution in [3.63, 3.8) is 0 Å². The summed E-state index contributed by atoms with van der Waals surface area (Å²) >= 11 is 0. The molecule has 8 heteroatoms. The summed E-state index contributed by atoms with van der Waals surface area (Å²) in [6, 6.07) is 13.2. The molecule has 0 bridgehead atoms. The predicted octanol–water partition coefficient (Wildman–Crippen LogP) is 2.65. The fraction of sp³-hybridized carbons (Fsp3) is 0.105. The number of fused-ring (bicyclic) bond motifs is 3. The summed E-state index contributed by atoms with van der Waals surface area (Å²) in [7, 11) is 1.83. The van der Waals surface area contributed by atoms with E-state index in [4.69, 9.17) is 0 Å². The summed E-state index contributed by atoms with van der Waals surface area (Å²) in [5.74, 6) is -0.896. The van der Waals surface area contributed by atoms with Crippen LogP contribution in [0.15, 0.2) is 53.6 Å². The molecule has 0 saturated heterocycles. The standard InChI is InChI=1S/C19H14N4O4/c1-21-15-5-3-2-4-14(15)18-16(21)10-17(24)22(19(18)25)20-11-12-6-8-13(9-7-12)23(26)27/h2-9,11H,10H2,1H3/b20-11+. The number of nitrogens with zero attached hydrogens (tertiary/aromatic N) is 4. The Kier molecular flexibility index (Phi) is 3.80. The van der Waals surface area contributed by atoms with E-state index in [9.17, 15) is 19.7 Å². The lowest BCUT2D eigenvalue weighted by Crippen LogP contribution is -2.39. The Balaban J connectivity index is 1.69. The first-order valence-corrected chi connectivity index (χ1v) is 8.19. The Bertz CT molecular complexity index is 1130. The van der Waals surface area contributed by atoms with Gasteiger partial charge in [0.05, 0.1) is 23.1 Å². The molecule has 1 aliphatic heterocycles. The highest BCUT2D eigenvalue weighted by molar-refractivity contribution is 6.16. The molecule has 1 aromatic heterocycles. The molecule has 134 valence electrons. The molecule has 1 aliphatic rings. The topological polar surface area (TPSA) is 97.8 Å². The molecule has 0 unspecified atom stereocenters. The molecule has 3 aromatic rings. The molecule has 0 aliphatic carbocycles. The van der Waals surface area contributed by atoms with E-state index in [2.05, 4.69) is 5.10 Å². The molecule has 0 saturated carbocycles. The number of aryl methyl sites for hydroxylation is 1. The summed E-state index contributed by atoms with van der Waals surface area (Å²) in [5.41, 5.74) is 2.54. The van der Waals surface area contributed by atoms with E-state index < -0.39 is 16.7 Å². The monoisotopic (exact) mass is 362 g/mol. The van der Waals surface area contributed by atoms with Crippen molar-refractivity contribution in [1.29, 1.82) is 0 Å². The minimum Gasteiger partial charge on any atom is -0.346 e. The second-order valence-corrected chi connectivity index (χ2v) is 6.18. The maximum atomic E-state index is 12.9. The fourth-order valence-electron chi connectivity index (χ4n) is 3.25. The van der Waals surface area contributed by atoms with Crippen molar-refractivity contribution >= 4 is 34.6 Å². The molecule has 8 nitrogen and oxygen atoms in total. The van der Waals surface area contributed by atoms with Gasteiger partial charge in [0, 0.05) is 35.8 Å². The summed E-state index contributed by atoms with van der Waals surface area (Å²) < 4.78 is 1.86. The van der Waals surface area contributed by atoms with E-state index in [0.717, 1.165) is 15.9 Å². The van der Waals surface area contributed by atoms with E-state index in [1.54, 1.807) is 0 Å². The van der Waals surface area contributed by atoms with Gasteiger partial charge in [0.15, 0.2) is 0 Å². The smallest absolute Gasteiger partial charge is 0.283 e. The molecule has 4 rings (SSSR count). The van der Waals surface area contributed by atoms with Gasteiger partial charge in [0.25, 0.3) is 17.5 Å². The Morgan fingerprint density at radius 3 is 2.52 bits per heavy atom. The number of nitro groups is 1. The van der Waals surface area contributed by atoms with Gasteiger partial charge in [-0.05, 0) is 23.8 Å². The van der Waals surface area contributed by atoms with Crippen LogP contribution in [0, 0.1) is 10.1 Å². The number of hydrogen-bond acceptors (Lipinski definition) is 5. The number of nitro benzene ring substituents is 1. The Morgan fingerprint density at radius 1 is 1.11 bits per heavy atom. The van der Waals surface area contributed by atoms with Gasteiger partial charge in [0.2, 0.25) is 0 Å². The number of para-hydroxylation sites is 1. The average molecular weight is 362 g/mol. The lowest BCUT2D eigenvalue weighted by molar-refractivity contribution is -0.384. The average Bonchev–Trinajstić information content (AvgIpc) is 2.94. The Labute approximate surface area is 153 Å². The van der Waals surface area contributed by atoms with E-state index in [1.807, 2.05) is 35.9 Å². The van der Waals surface area contributed by atoms with Gasteiger partial charge in [-0.2, -0.15) is 10.1 Å². The molecule has 0 fully saturated rings. The number of rotatable bonds is 3. The summed E-state index contributed by atoms with van der Waals surface area (Å²) in [6.45, 7) is 0. The van der Waals surface area contributed by atoms with Gasteiger partial charge in [-0.3, -0.25) is 19.7 Å². The number of carbonyl (C=O) groups excluding carboxylic acids is 2. The molecule has 27 heavy (non-hydrogen) atoms. The van der Waals surface area contributed by atoms with Crippen molar-refractivity contribution in [2.24, 2.45) is 12.1 Å². The van der Waals surface area contributed by atoms with E-state index in [0.29, 0.717) is 16.8 Å². The van der Waals surface area contributed by atoms with Crippen LogP contribution in [0.25, 0.3) is 10.9 Å². The zero-order valence-corrected chi connectivity index (χ0v) is 14.3. The second kappa shape index (κ2) is 6.17. The lowest BCUT2D eigenvalue weighted by atomic mass is 10.0. The van der Waals surface area contributed by atoms with Crippen LogP contribution >= 0.6 is 0 Å². The summed E-state index contributed by atoms with van der Waals surface area (Å²) in [5, 5.41) is 16.4. The quantitative estimate of drug-likeness (QED) is 0.309. The number of hydrogen-bond donors (Lipinski definition) is 0. The lowest BCUT2D eigenvalue weighted by Gasteiger charge is -2.21. The highest BCUT2D eigenvalue weighted by Gasteiger charge is 2.35. The van der Waals surface area contributed by atoms with Crippen LogP contribution in [0.2, 0.25) is 0 Å². The van der Waals surface area contributed by atoms with Crippen LogP contribution < -0.4 is 0 Å². The number of non-ortho nitro benzene ring substituents is 1. The van der Waals surface area contributed by atoms with Crippen molar-refractivity contribution in [1.82, 2.24) is 9.58 Å². The van der Waals surface area contributed by atoms with Crippen molar-refractivity contribution in [3.8, 4) is 0 Å². The van der Waals surface area contributed by atoms with E-state index in [1.165, 1.54) is 30.5 Å². The Hall–Kier alpha value is -3.81. The minimum absolute atomic E-state index is 0.0438. The van der Waals surface area contributed by atoms with Crippen molar-refractivity contribution in [2.45, 2.75) is 6.42 Å². The number of aromatic nitrogens is 1. The van der Waals surface area contributed by atoms with Crippen molar-refractivity contribution < 1.29 is 14.5 Å². The molecular weight excluding hydrogens is 348 g/mol. The van der Waals surface area contributed by atoms with Gasteiger partial charge in [0.1, 0.15) is 0 Å². The molecule has 0 atom stereocenters. The first-order chi connectivity index (χ1) is 13.0. The van der Waals surface area contributed by atoms with Gasteiger partial charge < -0.3 is 4.57 Å². The highest BCUT2D eigenvalue weighted by Crippen LogP contribution is 2.30. The second-order valence-electron chi connectivity index (χ2n) is 6.18. The van der Waals surface area contributed by atoms with Crippen LogP contribution in [-0.4, -0.2) is 32.5 Å². The molecular formula is C19H14N4O4. The van der Waals surface area contributed by atoms with Gasteiger partial charge >= 0.3 is 0 Å². The number of carbonyl (C=O) groups is 2. The van der Waals surface area contributed by atoms with Crippen molar-refractivity contribution in [2.75, 3.05) is 0 Å². The third kappa shape index (κ3) is 2.67. The molecule has 0 radical (unpaired) electrons. The van der Waals surface area contributed by atoms with Crippen LogP contribution in [-0.2, 0) is 18.3 Å². The molecule has 0 N–H and O–H groups in total. The number of imide groups is 1. The highest BCUT2D eigenvalue weighted by atomic mass is 16.6. The van der Waals surface area contributed by atoms with E-state index >= 15 is 0 Å². The third-order valence-corrected chi connectivity index (χ3v) is 4.62. The van der Waals surface area contributed by atoms with Crippen LogP contribution in [0.3, 0.4) is 0 Å². The SMILES string of the molecule is Cn1c2c(c3ccccc31)C(=O)N(/N=C/c1ccc([N+](=O)[O-])cc1)C(=O)C2. The van der Waals surface area contributed by atoms with Gasteiger partial charge in [-0.25, -0.2) is 0 Å². The molecule has 2 heterocycles. The van der Waals surface area contributed by atoms with Crippen molar-refractivity contribution in [3.05, 3.63) is 75.5 Å². The maximum absolute atomic E-state index is 12.9. The maximum Gasteiger partial charge on any atom is 0.283 e. The molecule has 2 aromatic carbocycles. The zero-order valence-electron chi connectivity index (χ0n) is 14.3. The molecule has 0 spiro atoms. The number of benzene rings is 2. The van der Waals surface area contributed by atoms with Crippen LogP contribution in [0.4, 0.5) is 5.69 Å². The van der Waals surface area contributed by atoms with Crippen LogP contribution in [0.1, 0.15) is 21.6 Å². The largest absolute Gasteiger partial charge is 0.346 e. The fourth-order valence-corrected chi connectivity index (χ4v) is 3.25. The number of hydrazone groups is 1. The van der Waals surface area contributed by atoms with Gasteiger partial charge in [-0.15, -0.1) is 0 Å². The first-order valence-electron chi connectivity index (χ1n) is 8.19. The summed E-state index contributed by atoms with van der Waals surface area (Å²) in [6.07, 6.45) is 1.42. The normalized spacial score (nSPS) is 14.2. The molecule has 2 amide bonds. The third-order valence-electron chi connectivity index (χ3n) is 4.62. The zero-order chi connectivity index (χ0) is 19.1. The predicted molar refractivity (Wildman–Crippen MR) is 98.5 cm³/mol. The Morgan fingerprint density at radius 2 is 1.81 bits per heavy atom. The van der Waals surface area contributed by atoms with Crippen LogP contribution in [0.5, 0.6) is 0 Å². The van der Waals surface area contributed by atoms with E-state index in [-0.39, 0.29) is 12.1 Å². The first kappa shape index (κ1) is 16.6. The van der Waals surface area contributed by atoms with Gasteiger partial charge in [-0.1, -0.05) is 18.2 Å². The summed E-state index contributed by atoms with van der Waals surface area (Å²) in [4.78, 5) is 35.6.